The molecule has 0 atom stereocenters. The van der Waals surface area contributed by atoms with Gasteiger partial charge in [0.25, 0.3) is 5.91 Å². The number of carbonyl (C=O) groups excluding carboxylic acids is 1. The Balaban J connectivity index is 2.43. The zero-order valence-electron chi connectivity index (χ0n) is 16.7. The molecule has 0 aliphatic heterocycles. The summed E-state index contributed by atoms with van der Waals surface area (Å²) in [7, 11) is 5.21. The Labute approximate surface area is 164 Å². The van der Waals surface area contributed by atoms with Gasteiger partial charge >= 0.3 is 0 Å². The standard InChI is InChI=1S/C19H27FN6O2/c1-5-15-18(26(3)4)25-17(16(24-15)19(27)22-2)23-13-9-12(20)10-14(11-13)28-8-6-7-21/h9-11H,5-8,21H2,1-4H3,(H,22,27)(H,23,25). The fourth-order valence-corrected chi connectivity index (χ4v) is 2.55. The van der Waals surface area contributed by atoms with Gasteiger partial charge in [-0.25, -0.2) is 14.4 Å². The number of nitrogens with two attached hydrogens (primary N) is 1. The minimum atomic E-state index is -0.472. The molecule has 0 radical (unpaired) electrons. The summed E-state index contributed by atoms with van der Waals surface area (Å²) in [4.78, 5) is 23.1. The number of carbonyl (C=O) groups is 1. The zero-order valence-corrected chi connectivity index (χ0v) is 16.7. The highest BCUT2D eigenvalue weighted by molar-refractivity contribution is 5.97. The molecule has 0 aliphatic carbocycles. The van der Waals surface area contributed by atoms with Gasteiger partial charge in [0, 0.05) is 39.0 Å². The third-order valence-corrected chi connectivity index (χ3v) is 3.90. The molecule has 0 unspecified atom stereocenters. The lowest BCUT2D eigenvalue weighted by Crippen LogP contribution is -2.24. The average molecular weight is 390 g/mol. The molecular weight excluding hydrogens is 363 g/mol. The molecule has 2 rings (SSSR count). The highest BCUT2D eigenvalue weighted by atomic mass is 19.1. The minimum Gasteiger partial charge on any atom is -0.493 e. The number of nitrogens with zero attached hydrogens (tertiary/aromatic N) is 3. The van der Waals surface area contributed by atoms with Crippen LogP contribution in [0.3, 0.4) is 0 Å². The highest BCUT2D eigenvalue weighted by Gasteiger charge is 2.19. The average Bonchev–Trinajstić information content (AvgIpc) is 2.66. The van der Waals surface area contributed by atoms with E-state index in [9.17, 15) is 9.18 Å². The van der Waals surface area contributed by atoms with Gasteiger partial charge in [0.2, 0.25) is 0 Å². The van der Waals surface area contributed by atoms with Crippen molar-refractivity contribution < 1.29 is 13.9 Å². The van der Waals surface area contributed by atoms with Crippen LogP contribution < -0.4 is 26.0 Å². The molecule has 152 valence electrons. The van der Waals surface area contributed by atoms with Gasteiger partial charge in [0.1, 0.15) is 11.6 Å². The second kappa shape index (κ2) is 9.84. The molecule has 0 spiro atoms. The Morgan fingerprint density at radius 1 is 1.29 bits per heavy atom. The van der Waals surface area contributed by atoms with E-state index >= 15 is 0 Å². The van der Waals surface area contributed by atoms with Crippen LogP contribution >= 0.6 is 0 Å². The van der Waals surface area contributed by atoms with Crippen molar-refractivity contribution in [3.05, 3.63) is 35.4 Å². The first-order valence-electron chi connectivity index (χ1n) is 9.10. The van der Waals surface area contributed by atoms with Crippen molar-refractivity contribution >= 4 is 23.2 Å². The Morgan fingerprint density at radius 3 is 2.64 bits per heavy atom. The van der Waals surface area contributed by atoms with E-state index in [4.69, 9.17) is 10.5 Å². The van der Waals surface area contributed by atoms with Crippen molar-refractivity contribution in [3.8, 4) is 5.75 Å². The van der Waals surface area contributed by atoms with Gasteiger partial charge in [-0.15, -0.1) is 0 Å². The number of nitrogens with one attached hydrogen (secondary N) is 2. The number of anilines is 3. The second-order valence-electron chi connectivity index (χ2n) is 6.31. The lowest BCUT2D eigenvalue weighted by atomic mass is 10.2. The number of ether oxygens (including phenoxy) is 1. The Morgan fingerprint density at radius 2 is 2.04 bits per heavy atom. The molecule has 4 N–H and O–H groups in total. The van der Waals surface area contributed by atoms with E-state index in [0.717, 1.165) is 0 Å². The van der Waals surface area contributed by atoms with Crippen molar-refractivity contribution in [1.29, 1.82) is 0 Å². The Bertz CT molecular complexity index is 828. The SMILES string of the molecule is CCc1nc(C(=O)NC)c(Nc2cc(F)cc(OCCCN)c2)nc1N(C)C. The highest BCUT2D eigenvalue weighted by Crippen LogP contribution is 2.27. The van der Waals surface area contributed by atoms with E-state index in [1.165, 1.54) is 19.2 Å². The lowest BCUT2D eigenvalue weighted by molar-refractivity contribution is 0.0958. The molecule has 0 saturated heterocycles. The number of hydrogen-bond acceptors (Lipinski definition) is 7. The predicted octanol–water partition coefficient (Wildman–Crippen LogP) is 2.07. The first-order valence-corrected chi connectivity index (χ1v) is 9.10. The van der Waals surface area contributed by atoms with Crippen LogP contribution in [0, 0.1) is 5.82 Å². The quantitative estimate of drug-likeness (QED) is 0.563. The van der Waals surface area contributed by atoms with Crippen LogP contribution in [0.1, 0.15) is 29.5 Å². The van der Waals surface area contributed by atoms with Gasteiger partial charge in [-0.1, -0.05) is 6.92 Å². The maximum Gasteiger partial charge on any atom is 0.273 e. The zero-order chi connectivity index (χ0) is 20.7. The third kappa shape index (κ3) is 5.29. The molecule has 2 aromatic rings. The lowest BCUT2D eigenvalue weighted by Gasteiger charge is -2.19. The summed E-state index contributed by atoms with van der Waals surface area (Å²) in [6.07, 6.45) is 1.28. The normalized spacial score (nSPS) is 10.5. The number of hydrogen-bond donors (Lipinski definition) is 3. The van der Waals surface area contributed by atoms with Crippen LogP contribution in [-0.4, -0.2) is 50.2 Å². The fraction of sp³-hybridized carbons (Fsp3) is 0.421. The van der Waals surface area contributed by atoms with Crippen molar-refractivity contribution in [2.24, 2.45) is 5.73 Å². The van der Waals surface area contributed by atoms with Crippen LogP contribution in [0.4, 0.5) is 21.7 Å². The van der Waals surface area contributed by atoms with Crippen molar-refractivity contribution in [3.63, 3.8) is 0 Å². The van der Waals surface area contributed by atoms with Crippen molar-refractivity contribution in [2.45, 2.75) is 19.8 Å². The molecule has 0 fully saturated rings. The number of benzene rings is 1. The molecule has 0 saturated carbocycles. The molecule has 1 heterocycles. The number of amides is 1. The summed E-state index contributed by atoms with van der Waals surface area (Å²) in [5.41, 5.74) is 6.68. The number of aryl methyl sites for hydroxylation is 1. The van der Waals surface area contributed by atoms with Crippen molar-refractivity contribution in [1.82, 2.24) is 15.3 Å². The van der Waals surface area contributed by atoms with E-state index < -0.39 is 5.82 Å². The fourth-order valence-electron chi connectivity index (χ4n) is 2.55. The van der Waals surface area contributed by atoms with E-state index in [1.54, 1.807) is 6.07 Å². The monoisotopic (exact) mass is 390 g/mol. The van der Waals surface area contributed by atoms with Crippen LogP contribution in [0.25, 0.3) is 0 Å². The summed E-state index contributed by atoms with van der Waals surface area (Å²) in [6, 6.07) is 4.23. The Kier molecular flexibility index (Phi) is 7.51. The molecule has 9 heteroatoms. The smallest absolute Gasteiger partial charge is 0.273 e. The summed E-state index contributed by atoms with van der Waals surface area (Å²) < 4.78 is 19.5. The van der Waals surface area contributed by atoms with Crippen LogP contribution in [0.5, 0.6) is 5.75 Å². The molecule has 8 nitrogen and oxygen atoms in total. The van der Waals surface area contributed by atoms with Gasteiger partial charge in [-0.3, -0.25) is 4.79 Å². The number of aromatic nitrogens is 2. The van der Waals surface area contributed by atoms with E-state index in [1.807, 2.05) is 25.9 Å². The molecule has 1 aromatic carbocycles. The predicted molar refractivity (Wildman–Crippen MR) is 108 cm³/mol. The van der Waals surface area contributed by atoms with Gasteiger partial charge in [-0.05, 0) is 25.5 Å². The van der Waals surface area contributed by atoms with Crippen LogP contribution in [0.2, 0.25) is 0 Å². The Hall–Kier alpha value is -2.94. The molecular formula is C19H27FN6O2. The largest absolute Gasteiger partial charge is 0.493 e. The van der Waals surface area contributed by atoms with Gasteiger partial charge in [-0.2, -0.15) is 0 Å². The first kappa shape index (κ1) is 21.4. The van der Waals surface area contributed by atoms with E-state index in [2.05, 4.69) is 20.6 Å². The second-order valence-corrected chi connectivity index (χ2v) is 6.31. The first-order chi connectivity index (χ1) is 13.4. The van der Waals surface area contributed by atoms with Gasteiger partial charge in [0.15, 0.2) is 17.3 Å². The minimum absolute atomic E-state index is 0.139. The summed E-state index contributed by atoms with van der Waals surface area (Å²) in [5, 5.41) is 5.56. The number of rotatable bonds is 9. The van der Waals surface area contributed by atoms with Crippen molar-refractivity contribution in [2.75, 3.05) is 44.5 Å². The van der Waals surface area contributed by atoms with E-state index in [-0.39, 0.29) is 17.4 Å². The molecule has 0 aliphatic rings. The topological polar surface area (TPSA) is 105 Å². The van der Waals surface area contributed by atoms with Gasteiger partial charge < -0.3 is 26.0 Å². The third-order valence-electron chi connectivity index (χ3n) is 3.90. The molecule has 1 amide bonds. The maximum absolute atomic E-state index is 14.0. The molecule has 0 bridgehead atoms. The number of halogens is 1. The molecule has 1 aromatic heterocycles. The van der Waals surface area contributed by atoms with Crippen LogP contribution in [-0.2, 0) is 6.42 Å². The summed E-state index contributed by atoms with van der Waals surface area (Å²) in [5.74, 6) is 0.377. The summed E-state index contributed by atoms with van der Waals surface area (Å²) >= 11 is 0. The molecule has 28 heavy (non-hydrogen) atoms. The van der Waals surface area contributed by atoms with Gasteiger partial charge in [0.05, 0.1) is 12.3 Å². The van der Waals surface area contributed by atoms with Crippen LogP contribution in [0.15, 0.2) is 18.2 Å². The van der Waals surface area contributed by atoms with E-state index in [0.29, 0.717) is 48.9 Å². The maximum atomic E-state index is 14.0. The summed E-state index contributed by atoms with van der Waals surface area (Å²) in [6.45, 7) is 2.82.